The molecule has 1 atom stereocenters. The third-order valence-electron chi connectivity index (χ3n) is 5.49. The Labute approximate surface area is 155 Å². The molecule has 0 bridgehead atoms. The molecule has 0 saturated heterocycles. The maximum Gasteiger partial charge on any atom is 0.337 e. The zero-order chi connectivity index (χ0) is 19.5. The van der Waals surface area contributed by atoms with Gasteiger partial charge in [-0.3, -0.25) is 0 Å². The second kappa shape index (κ2) is 7.90. The Kier molecular flexibility index (Phi) is 6.06. The largest absolute Gasteiger partial charge is 0.497 e. The van der Waals surface area contributed by atoms with Gasteiger partial charge in [-0.15, -0.1) is 0 Å². The predicted octanol–water partition coefficient (Wildman–Crippen LogP) is 5.83. The van der Waals surface area contributed by atoms with Gasteiger partial charge in [0.05, 0.1) is 19.8 Å². The third-order valence-corrected chi connectivity index (χ3v) is 5.49. The summed E-state index contributed by atoms with van der Waals surface area (Å²) in [6.07, 6.45) is 0.955. The molecule has 0 fully saturated rings. The van der Waals surface area contributed by atoms with Crippen molar-refractivity contribution in [2.24, 2.45) is 5.41 Å². The summed E-state index contributed by atoms with van der Waals surface area (Å²) >= 11 is 0. The van der Waals surface area contributed by atoms with Gasteiger partial charge in [-0.25, -0.2) is 9.18 Å². The predicted molar refractivity (Wildman–Crippen MR) is 102 cm³/mol. The molecule has 26 heavy (non-hydrogen) atoms. The molecule has 0 radical (unpaired) electrons. The van der Waals surface area contributed by atoms with Crippen LogP contribution in [0.2, 0.25) is 0 Å². The molecule has 4 heteroatoms. The average molecular weight is 358 g/mol. The van der Waals surface area contributed by atoms with E-state index in [0.29, 0.717) is 16.9 Å². The van der Waals surface area contributed by atoms with Gasteiger partial charge < -0.3 is 9.47 Å². The van der Waals surface area contributed by atoms with E-state index in [1.54, 1.807) is 31.4 Å². The fourth-order valence-corrected chi connectivity index (χ4v) is 2.98. The molecular weight excluding hydrogens is 331 g/mol. The van der Waals surface area contributed by atoms with Crippen molar-refractivity contribution in [3.63, 3.8) is 0 Å². The quantitative estimate of drug-likeness (QED) is 0.610. The number of carbonyl (C=O) groups excluding carboxylic acids is 1. The average Bonchev–Trinajstić information content (AvgIpc) is 2.66. The zero-order valence-electron chi connectivity index (χ0n) is 16.4. The highest BCUT2D eigenvalue weighted by atomic mass is 19.1. The van der Waals surface area contributed by atoms with Crippen molar-refractivity contribution in [3.8, 4) is 16.9 Å². The highest BCUT2D eigenvalue weighted by Crippen LogP contribution is 2.43. The Morgan fingerprint density at radius 3 is 2.38 bits per heavy atom. The number of methoxy groups -OCH3 is 2. The number of halogens is 1. The van der Waals surface area contributed by atoms with Gasteiger partial charge in [0.2, 0.25) is 0 Å². The molecule has 3 nitrogen and oxygen atoms in total. The first-order valence-corrected chi connectivity index (χ1v) is 8.81. The van der Waals surface area contributed by atoms with Crippen molar-refractivity contribution >= 4 is 5.97 Å². The fourth-order valence-electron chi connectivity index (χ4n) is 2.98. The summed E-state index contributed by atoms with van der Waals surface area (Å²) in [5.74, 6) is -0.0192. The standard InChI is InChI=1S/C22H27FO3/c1-7-22(3,4)14(2)18-12-15(21(24)26-6)8-10-17(18)19-13-16(25-5)9-11-20(19)23/h8-14H,7H2,1-6H3. The molecule has 0 aromatic heterocycles. The van der Waals surface area contributed by atoms with Crippen LogP contribution >= 0.6 is 0 Å². The number of rotatable bonds is 6. The molecule has 0 saturated carbocycles. The van der Waals surface area contributed by atoms with Crippen molar-refractivity contribution < 1.29 is 18.7 Å². The van der Waals surface area contributed by atoms with Gasteiger partial charge >= 0.3 is 5.97 Å². The van der Waals surface area contributed by atoms with E-state index in [4.69, 9.17) is 9.47 Å². The van der Waals surface area contributed by atoms with Gasteiger partial charge in [0.1, 0.15) is 11.6 Å². The van der Waals surface area contributed by atoms with Crippen LogP contribution in [0, 0.1) is 11.2 Å². The van der Waals surface area contributed by atoms with Crippen LogP contribution in [0.3, 0.4) is 0 Å². The number of benzene rings is 2. The number of ether oxygens (including phenoxy) is 2. The summed E-state index contributed by atoms with van der Waals surface area (Å²) in [6.45, 7) is 8.59. The molecule has 0 N–H and O–H groups in total. The van der Waals surface area contributed by atoms with E-state index in [9.17, 15) is 9.18 Å². The van der Waals surface area contributed by atoms with Gasteiger partial charge in [0, 0.05) is 5.56 Å². The Bertz CT molecular complexity index is 796. The molecule has 2 rings (SSSR count). The molecule has 0 spiro atoms. The first-order chi connectivity index (χ1) is 12.2. The molecule has 140 valence electrons. The highest BCUT2D eigenvalue weighted by Gasteiger charge is 2.28. The Morgan fingerprint density at radius 2 is 1.81 bits per heavy atom. The van der Waals surface area contributed by atoms with E-state index >= 15 is 0 Å². The third kappa shape index (κ3) is 3.90. The van der Waals surface area contributed by atoms with Gasteiger partial charge in [-0.05, 0) is 52.8 Å². The van der Waals surface area contributed by atoms with E-state index in [1.807, 2.05) is 6.07 Å². The summed E-state index contributed by atoms with van der Waals surface area (Å²) in [7, 11) is 2.91. The molecule has 0 aliphatic heterocycles. The van der Waals surface area contributed by atoms with Crippen LogP contribution in [-0.2, 0) is 4.74 Å². The maximum absolute atomic E-state index is 14.6. The van der Waals surface area contributed by atoms with Gasteiger partial charge in [-0.2, -0.15) is 0 Å². The SMILES string of the molecule is CCC(C)(C)C(C)c1cc(C(=O)OC)ccc1-c1cc(OC)ccc1F. The highest BCUT2D eigenvalue weighted by molar-refractivity contribution is 5.90. The van der Waals surface area contributed by atoms with Crippen LogP contribution in [0.4, 0.5) is 4.39 Å². The number of esters is 1. The van der Waals surface area contributed by atoms with Crippen molar-refractivity contribution in [2.75, 3.05) is 14.2 Å². The van der Waals surface area contributed by atoms with Crippen molar-refractivity contribution in [1.29, 1.82) is 0 Å². The number of carbonyl (C=O) groups is 1. The van der Waals surface area contributed by atoms with Crippen molar-refractivity contribution in [3.05, 3.63) is 53.3 Å². The molecular formula is C22H27FO3. The summed E-state index contributed by atoms with van der Waals surface area (Å²) in [5.41, 5.74) is 2.61. The van der Waals surface area contributed by atoms with Crippen LogP contribution in [-0.4, -0.2) is 20.2 Å². The first-order valence-electron chi connectivity index (χ1n) is 8.81. The molecule has 0 heterocycles. The van der Waals surface area contributed by atoms with Gasteiger partial charge in [-0.1, -0.05) is 40.2 Å². The second-order valence-electron chi connectivity index (χ2n) is 7.20. The van der Waals surface area contributed by atoms with Crippen LogP contribution in [0.1, 0.15) is 56.0 Å². The lowest BCUT2D eigenvalue weighted by molar-refractivity contribution is 0.0600. The minimum absolute atomic E-state index is 0.0150. The van der Waals surface area contributed by atoms with Gasteiger partial charge in [0.25, 0.3) is 0 Å². The number of hydrogen-bond donors (Lipinski definition) is 0. The Balaban J connectivity index is 2.71. The van der Waals surface area contributed by atoms with E-state index in [1.165, 1.54) is 13.2 Å². The smallest absolute Gasteiger partial charge is 0.337 e. The Hall–Kier alpha value is -2.36. The minimum atomic E-state index is -0.398. The topological polar surface area (TPSA) is 35.5 Å². The van der Waals surface area contributed by atoms with Crippen LogP contribution in [0.25, 0.3) is 11.1 Å². The normalized spacial score (nSPS) is 12.6. The molecule has 2 aromatic rings. The van der Waals surface area contributed by atoms with Crippen LogP contribution < -0.4 is 4.74 Å². The lowest BCUT2D eigenvalue weighted by Crippen LogP contribution is -2.20. The van der Waals surface area contributed by atoms with Crippen LogP contribution in [0.15, 0.2) is 36.4 Å². The molecule has 2 aromatic carbocycles. The summed E-state index contributed by atoms with van der Waals surface area (Å²) in [4.78, 5) is 12.0. The molecule has 0 aliphatic carbocycles. The molecule has 1 unspecified atom stereocenters. The zero-order valence-corrected chi connectivity index (χ0v) is 16.4. The first kappa shape index (κ1) is 20.0. The summed E-state index contributed by atoms with van der Waals surface area (Å²) < 4.78 is 24.7. The summed E-state index contributed by atoms with van der Waals surface area (Å²) in [5, 5.41) is 0. The number of hydrogen-bond acceptors (Lipinski definition) is 3. The van der Waals surface area contributed by atoms with Crippen molar-refractivity contribution in [2.45, 2.75) is 40.0 Å². The van der Waals surface area contributed by atoms with Crippen LogP contribution in [0.5, 0.6) is 5.75 Å². The lowest BCUT2D eigenvalue weighted by atomic mass is 9.72. The van der Waals surface area contributed by atoms with Crippen molar-refractivity contribution in [1.82, 2.24) is 0 Å². The second-order valence-corrected chi connectivity index (χ2v) is 7.20. The minimum Gasteiger partial charge on any atom is -0.497 e. The lowest BCUT2D eigenvalue weighted by Gasteiger charge is -2.32. The van der Waals surface area contributed by atoms with E-state index in [2.05, 4.69) is 27.7 Å². The van der Waals surface area contributed by atoms with E-state index < -0.39 is 5.97 Å². The monoisotopic (exact) mass is 358 g/mol. The fraction of sp³-hybridized carbons (Fsp3) is 0.409. The summed E-state index contributed by atoms with van der Waals surface area (Å²) in [6, 6.07) is 9.99. The maximum atomic E-state index is 14.6. The van der Waals surface area contributed by atoms with E-state index in [0.717, 1.165) is 17.5 Å². The molecule has 0 amide bonds. The van der Waals surface area contributed by atoms with E-state index in [-0.39, 0.29) is 17.2 Å². The van der Waals surface area contributed by atoms with Gasteiger partial charge in [0.15, 0.2) is 0 Å². The molecule has 0 aliphatic rings. The Morgan fingerprint density at radius 1 is 1.12 bits per heavy atom.